The lowest BCUT2D eigenvalue weighted by atomic mass is 9.95. The first-order valence-corrected chi connectivity index (χ1v) is 13.9. The summed E-state index contributed by atoms with van der Waals surface area (Å²) in [4.78, 5) is 29.1. The molecule has 3 rings (SSSR count). The van der Waals surface area contributed by atoms with Crippen LogP contribution in [0.2, 0.25) is 15.1 Å². The largest absolute Gasteiger partial charge is 0.352 e. The molecular formula is C26H31Cl3N2O2S. The first-order chi connectivity index (χ1) is 16.3. The normalized spacial score (nSPS) is 15.1. The standard InChI is InChI=1S/C26H31Cl3N2O2S/c1-18(26(33)30-20-7-3-2-4-8-20)31(17-22-23(28)9-5-10-24(22)29)25(32)11-6-16-34-21-14-12-19(27)13-15-21/h5,9-10,12-15,18,20H,2-4,6-8,11,16-17H2,1H3,(H,30,33). The molecule has 0 aliphatic heterocycles. The van der Waals surface area contributed by atoms with E-state index < -0.39 is 6.04 Å². The zero-order chi connectivity index (χ0) is 24.5. The number of benzene rings is 2. The average Bonchev–Trinajstić information content (AvgIpc) is 2.83. The number of amides is 2. The fourth-order valence-corrected chi connectivity index (χ4v) is 5.59. The molecule has 1 unspecified atom stereocenters. The van der Waals surface area contributed by atoms with Crippen LogP contribution in [-0.2, 0) is 16.1 Å². The van der Waals surface area contributed by atoms with Crippen molar-refractivity contribution in [3.05, 3.63) is 63.1 Å². The molecule has 2 aromatic carbocycles. The second-order valence-corrected chi connectivity index (χ2v) is 11.1. The molecule has 8 heteroatoms. The van der Waals surface area contributed by atoms with E-state index in [1.807, 2.05) is 24.3 Å². The van der Waals surface area contributed by atoms with Crippen molar-refractivity contribution in [1.29, 1.82) is 0 Å². The second-order valence-electron chi connectivity index (χ2n) is 8.65. The number of hydrogen-bond acceptors (Lipinski definition) is 3. The fourth-order valence-electron chi connectivity index (χ4n) is 4.09. The van der Waals surface area contributed by atoms with E-state index in [0.29, 0.717) is 33.5 Å². The van der Waals surface area contributed by atoms with Gasteiger partial charge in [-0.15, -0.1) is 11.8 Å². The van der Waals surface area contributed by atoms with Crippen molar-refractivity contribution in [2.75, 3.05) is 5.75 Å². The topological polar surface area (TPSA) is 49.4 Å². The molecular weight excluding hydrogens is 511 g/mol. The Labute approximate surface area is 221 Å². The number of rotatable bonds is 10. The van der Waals surface area contributed by atoms with Gasteiger partial charge in [-0.2, -0.15) is 0 Å². The van der Waals surface area contributed by atoms with Crippen LogP contribution in [-0.4, -0.2) is 34.6 Å². The Balaban J connectivity index is 1.64. The van der Waals surface area contributed by atoms with E-state index in [1.54, 1.807) is 41.8 Å². The number of nitrogens with zero attached hydrogens (tertiary/aromatic N) is 1. The van der Waals surface area contributed by atoms with Gasteiger partial charge in [-0.05, 0) is 68.3 Å². The van der Waals surface area contributed by atoms with E-state index in [-0.39, 0.29) is 24.4 Å². The zero-order valence-electron chi connectivity index (χ0n) is 19.4. The minimum absolute atomic E-state index is 0.0843. The number of thioether (sulfide) groups is 1. The van der Waals surface area contributed by atoms with E-state index in [4.69, 9.17) is 34.8 Å². The van der Waals surface area contributed by atoms with Crippen molar-refractivity contribution in [2.45, 2.75) is 75.4 Å². The smallest absolute Gasteiger partial charge is 0.242 e. The van der Waals surface area contributed by atoms with Crippen molar-refractivity contribution in [3.63, 3.8) is 0 Å². The monoisotopic (exact) mass is 540 g/mol. The van der Waals surface area contributed by atoms with Crippen LogP contribution in [0.1, 0.15) is 57.4 Å². The van der Waals surface area contributed by atoms with Crippen LogP contribution in [0.25, 0.3) is 0 Å². The zero-order valence-corrected chi connectivity index (χ0v) is 22.5. The lowest BCUT2D eigenvalue weighted by Crippen LogP contribution is -2.50. The first-order valence-electron chi connectivity index (χ1n) is 11.8. The molecule has 1 atom stereocenters. The summed E-state index contributed by atoms with van der Waals surface area (Å²) in [6.07, 6.45) is 6.48. The summed E-state index contributed by atoms with van der Waals surface area (Å²) >= 11 is 20.4. The van der Waals surface area contributed by atoms with Gasteiger partial charge >= 0.3 is 0 Å². The van der Waals surface area contributed by atoms with Gasteiger partial charge in [0, 0.05) is 44.5 Å². The molecule has 1 aliphatic carbocycles. The van der Waals surface area contributed by atoms with Crippen LogP contribution in [0.3, 0.4) is 0 Å². The van der Waals surface area contributed by atoms with E-state index in [2.05, 4.69) is 5.32 Å². The Kier molecular flexibility index (Phi) is 10.9. The van der Waals surface area contributed by atoms with Gasteiger partial charge in [0.15, 0.2) is 0 Å². The molecule has 2 amide bonds. The van der Waals surface area contributed by atoms with Gasteiger partial charge < -0.3 is 10.2 Å². The SMILES string of the molecule is CC(C(=O)NC1CCCCC1)N(Cc1c(Cl)cccc1Cl)C(=O)CCCSc1ccc(Cl)cc1. The number of carbonyl (C=O) groups excluding carboxylic acids is 2. The molecule has 1 aliphatic rings. The summed E-state index contributed by atoms with van der Waals surface area (Å²) in [7, 11) is 0. The van der Waals surface area contributed by atoms with Crippen LogP contribution >= 0.6 is 46.6 Å². The summed E-state index contributed by atoms with van der Waals surface area (Å²) in [6.45, 7) is 1.98. The van der Waals surface area contributed by atoms with Crippen molar-refractivity contribution < 1.29 is 9.59 Å². The number of nitrogens with one attached hydrogen (secondary N) is 1. The molecule has 0 spiro atoms. The Bertz CT molecular complexity index is 945. The van der Waals surface area contributed by atoms with Crippen LogP contribution in [0.5, 0.6) is 0 Å². The highest BCUT2D eigenvalue weighted by atomic mass is 35.5. The van der Waals surface area contributed by atoms with Crippen molar-refractivity contribution in [1.82, 2.24) is 10.2 Å². The predicted molar refractivity (Wildman–Crippen MR) is 143 cm³/mol. The highest BCUT2D eigenvalue weighted by molar-refractivity contribution is 7.99. The van der Waals surface area contributed by atoms with Crippen molar-refractivity contribution in [3.8, 4) is 0 Å². The molecule has 2 aromatic rings. The van der Waals surface area contributed by atoms with Gasteiger partial charge in [-0.3, -0.25) is 9.59 Å². The van der Waals surface area contributed by atoms with Crippen LogP contribution in [0.4, 0.5) is 0 Å². The van der Waals surface area contributed by atoms with Crippen LogP contribution in [0, 0.1) is 0 Å². The maximum absolute atomic E-state index is 13.3. The molecule has 1 saturated carbocycles. The number of carbonyl (C=O) groups is 2. The Morgan fingerprint density at radius 3 is 2.32 bits per heavy atom. The molecule has 34 heavy (non-hydrogen) atoms. The molecule has 184 valence electrons. The van der Waals surface area contributed by atoms with Gasteiger partial charge in [0.05, 0.1) is 0 Å². The fraction of sp³-hybridized carbons (Fsp3) is 0.462. The van der Waals surface area contributed by atoms with E-state index in [0.717, 1.165) is 36.3 Å². The lowest BCUT2D eigenvalue weighted by molar-refractivity contribution is -0.141. The number of halogens is 3. The second kappa shape index (κ2) is 13.6. The molecule has 0 bridgehead atoms. The highest BCUT2D eigenvalue weighted by Gasteiger charge is 2.28. The Hall–Kier alpha value is -1.40. The minimum atomic E-state index is -0.620. The molecule has 0 saturated heterocycles. The highest BCUT2D eigenvalue weighted by Crippen LogP contribution is 2.28. The summed E-state index contributed by atoms with van der Waals surface area (Å²) in [5.41, 5.74) is 0.659. The molecule has 0 aromatic heterocycles. The summed E-state index contributed by atoms with van der Waals surface area (Å²) in [6, 6.07) is 12.5. The Morgan fingerprint density at radius 2 is 1.68 bits per heavy atom. The predicted octanol–water partition coefficient (Wildman–Crippen LogP) is 7.39. The molecule has 1 fully saturated rings. The third-order valence-corrected chi connectivity index (χ3v) is 8.18. The van der Waals surface area contributed by atoms with Crippen LogP contribution < -0.4 is 5.32 Å². The van der Waals surface area contributed by atoms with Gasteiger partial charge in [0.25, 0.3) is 0 Å². The lowest BCUT2D eigenvalue weighted by Gasteiger charge is -2.31. The van der Waals surface area contributed by atoms with Crippen molar-refractivity contribution in [2.24, 2.45) is 0 Å². The summed E-state index contributed by atoms with van der Waals surface area (Å²) in [5, 5.41) is 4.83. The third kappa shape index (κ3) is 8.08. The molecule has 4 nitrogen and oxygen atoms in total. The van der Waals surface area contributed by atoms with Gasteiger partial charge in [0.2, 0.25) is 11.8 Å². The van der Waals surface area contributed by atoms with Gasteiger partial charge in [0.1, 0.15) is 6.04 Å². The molecule has 0 heterocycles. The van der Waals surface area contributed by atoms with E-state index in [1.165, 1.54) is 6.42 Å². The maximum Gasteiger partial charge on any atom is 0.242 e. The quantitative estimate of drug-likeness (QED) is 0.252. The average molecular weight is 542 g/mol. The van der Waals surface area contributed by atoms with Gasteiger partial charge in [-0.25, -0.2) is 0 Å². The minimum Gasteiger partial charge on any atom is -0.352 e. The molecule has 1 N–H and O–H groups in total. The molecule has 0 radical (unpaired) electrons. The first kappa shape index (κ1) is 27.2. The summed E-state index contributed by atoms with van der Waals surface area (Å²) < 4.78 is 0. The number of hydrogen-bond donors (Lipinski definition) is 1. The van der Waals surface area contributed by atoms with Gasteiger partial charge in [-0.1, -0.05) is 60.1 Å². The maximum atomic E-state index is 13.3. The summed E-state index contributed by atoms with van der Waals surface area (Å²) in [5.74, 6) is 0.578. The van der Waals surface area contributed by atoms with E-state index >= 15 is 0 Å². The van der Waals surface area contributed by atoms with Crippen LogP contribution in [0.15, 0.2) is 47.4 Å². The Morgan fingerprint density at radius 1 is 1.03 bits per heavy atom. The van der Waals surface area contributed by atoms with Crippen molar-refractivity contribution >= 4 is 58.4 Å². The van der Waals surface area contributed by atoms with E-state index in [9.17, 15) is 9.59 Å². The third-order valence-electron chi connectivity index (χ3n) is 6.13.